The Bertz CT molecular complexity index is 666. The number of halogens is 1. The van der Waals surface area contributed by atoms with E-state index in [0.29, 0.717) is 18.5 Å². The second-order valence-electron chi connectivity index (χ2n) is 6.36. The van der Waals surface area contributed by atoms with E-state index in [1.165, 1.54) is 11.6 Å². The number of nitrogens with zero attached hydrogens (tertiary/aromatic N) is 1. The third-order valence-electron chi connectivity index (χ3n) is 4.46. The van der Waals surface area contributed by atoms with Crippen molar-refractivity contribution < 1.29 is 9.18 Å². The van der Waals surface area contributed by atoms with Gasteiger partial charge in [-0.3, -0.25) is 4.79 Å². The molecule has 0 saturated heterocycles. The number of carbonyl (C=O) groups excluding carboxylic acids is 1. The van der Waals surface area contributed by atoms with Crippen molar-refractivity contribution >= 4 is 5.91 Å². The summed E-state index contributed by atoms with van der Waals surface area (Å²) in [6, 6.07) is 17.1. The quantitative estimate of drug-likeness (QED) is 0.768. The van der Waals surface area contributed by atoms with Crippen LogP contribution in [-0.4, -0.2) is 16.8 Å². The zero-order valence-corrected chi connectivity index (χ0v) is 13.4. The molecule has 2 aromatic carbocycles. The predicted octanol–water partition coefficient (Wildman–Crippen LogP) is 4.51. The first-order valence-corrected chi connectivity index (χ1v) is 8.23. The number of rotatable bonds is 6. The molecule has 1 saturated carbocycles. The standard InChI is InChI=1S/C20H22FNO/c1-15(16-7-3-2-4-8-16)13-20(23)22(18-11-12-18)14-17-9-5-6-10-19(17)21/h2-10,15,18H,11-14H2,1H3. The Morgan fingerprint density at radius 2 is 1.78 bits per heavy atom. The van der Waals surface area contributed by atoms with Gasteiger partial charge in [0.1, 0.15) is 5.82 Å². The van der Waals surface area contributed by atoms with Gasteiger partial charge in [-0.05, 0) is 30.4 Å². The summed E-state index contributed by atoms with van der Waals surface area (Å²) in [5, 5.41) is 0. The topological polar surface area (TPSA) is 20.3 Å². The number of carbonyl (C=O) groups is 1. The van der Waals surface area contributed by atoms with Crippen LogP contribution in [0.3, 0.4) is 0 Å². The average Bonchev–Trinajstić information content (AvgIpc) is 3.39. The van der Waals surface area contributed by atoms with Crippen molar-refractivity contribution in [3.8, 4) is 0 Å². The van der Waals surface area contributed by atoms with Gasteiger partial charge in [-0.25, -0.2) is 4.39 Å². The normalized spacial score (nSPS) is 15.2. The first-order chi connectivity index (χ1) is 11.1. The molecule has 2 aromatic rings. The van der Waals surface area contributed by atoms with Crippen LogP contribution in [0, 0.1) is 5.82 Å². The van der Waals surface area contributed by atoms with Gasteiger partial charge < -0.3 is 4.90 Å². The molecule has 0 bridgehead atoms. The number of benzene rings is 2. The highest BCUT2D eigenvalue weighted by Gasteiger charge is 2.33. The lowest BCUT2D eigenvalue weighted by Gasteiger charge is -2.24. The van der Waals surface area contributed by atoms with E-state index < -0.39 is 0 Å². The summed E-state index contributed by atoms with van der Waals surface area (Å²) in [7, 11) is 0. The monoisotopic (exact) mass is 311 g/mol. The number of hydrogen-bond donors (Lipinski definition) is 0. The largest absolute Gasteiger partial charge is 0.335 e. The van der Waals surface area contributed by atoms with Crippen LogP contribution in [0.1, 0.15) is 43.2 Å². The number of amides is 1. The van der Waals surface area contributed by atoms with Gasteiger partial charge >= 0.3 is 0 Å². The van der Waals surface area contributed by atoms with Crippen molar-refractivity contribution in [2.45, 2.75) is 44.7 Å². The van der Waals surface area contributed by atoms with Gasteiger partial charge in [-0.15, -0.1) is 0 Å². The second kappa shape index (κ2) is 6.95. The van der Waals surface area contributed by atoms with Gasteiger partial charge in [-0.2, -0.15) is 0 Å². The van der Waals surface area contributed by atoms with Crippen molar-refractivity contribution in [3.05, 3.63) is 71.5 Å². The van der Waals surface area contributed by atoms with Crippen molar-refractivity contribution in [2.24, 2.45) is 0 Å². The summed E-state index contributed by atoms with van der Waals surface area (Å²) < 4.78 is 13.9. The van der Waals surface area contributed by atoms with Gasteiger partial charge in [0, 0.05) is 24.6 Å². The molecule has 0 spiro atoms. The Balaban J connectivity index is 1.69. The van der Waals surface area contributed by atoms with Gasteiger partial charge in [0.25, 0.3) is 0 Å². The Morgan fingerprint density at radius 3 is 2.43 bits per heavy atom. The van der Waals surface area contributed by atoms with Crippen LogP contribution in [-0.2, 0) is 11.3 Å². The Hall–Kier alpha value is -2.16. The van der Waals surface area contributed by atoms with Crippen LogP contribution < -0.4 is 0 Å². The lowest BCUT2D eigenvalue weighted by Crippen LogP contribution is -2.33. The molecule has 0 N–H and O–H groups in total. The first kappa shape index (κ1) is 15.7. The molecule has 0 radical (unpaired) electrons. The molecular formula is C20H22FNO. The fraction of sp³-hybridized carbons (Fsp3) is 0.350. The van der Waals surface area contributed by atoms with E-state index in [-0.39, 0.29) is 23.7 Å². The van der Waals surface area contributed by atoms with Crippen LogP contribution in [0.15, 0.2) is 54.6 Å². The molecule has 120 valence electrons. The van der Waals surface area contributed by atoms with Crippen molar-refractivity contribution in [1.29, 1.82) is 0 Å². The average molecular weight is 311 g/mol. The van der Waals surface area contributed by atoms with Crippen LogP contribution >= 0.6 is 0 Å². The van der Waals surface area contributed by atoms with E-state index in [1.807, 2.05) is 29.2 Å². The van der Waals surface area contributed by atoms with Crippen LogP contribution in [0.25, 0.3) is 0 Å². The molecule has 0 aliphatic heterocycles. The zero-order valence-electron chi connectivity index (χ0n) is 13.4. The highest BCUT2D eigenvalue weighted by atomic mass is 19.1. The Kier molecular flexibility index (Phi) is 4.75. The molecule has 1 atom stereocenters. The maximum Gasteiger partial charge on any atom is 0.223 e. The van der Waals surface area contributed by atoms with E-state index >= 15 is 0 Å². The van der Waals surface area contributed by atoms with Crippen LogP contribution in [0.2, 0.25) is 0 Å². The fourth-order valence-corrected chi connectivity index (χ4v) is 2.90. The van der Waals surface area contributed by atoms with Gasteiger partial charge in [0.2, 0.25) is 5.91 Å². The predicted molar refractivity (Wildman–Crippen MR) is 89.4 cm³/mol. The minimum absolute atomic E-state index is 0.118. The summed E-state index contributed by atoms with van der Waals surface area (Å²) in [5.74, 6) is 0.0553. The minimum Gasteiger partial charge on any atom is -0.335 e. The van der Waals surface area contributed by atoms with E-state index in [1.54, 1.807) is 12.1 Å². The molecule has 1 aliphatic carbocycles. The first-order valence-electron chi connectivity index (χ1n) is 8.23. The summed E-state index contributed by atoms with van der Waals surface area (Å²) in [4.78, 5) is 14.6. The second-order valence-corrected chi connectivity index (χ2v) is 6.36. The molecule has 0 heterocycles. The molecule has 23 heavy (non-hydrogen) atoms. The van der Waals surface area contributed by atoms with Gasteiger partial charge in [-0.1, -0.05) is 55.5 Å². The lowest BCUT2D eigenvalue weighted by atomic mass is 9.97. The smallest absolute Gasteiger partial charge is 0.223 e. The molecule has 1 fully saturated rings. The van der Waals surface area contributed by atoms with Crippen molar-refractivity contribution in [3.63, 3.8) is 0 Å². The van der Waals surface area contributed by atoms with Crippen LogP contribution in [0.5, 0.6) is 0 Å². The zero-order chi connectivity index (χ0) is 16.2. The third kappa shape index (κ3) is 3.98. The fourth-order valence-electron chi connectivity index (χ4n) is 2.90. The molecule has 1 amide bonds. The maximum atomic E-state index is 13.9. The van der Waals surface area contributed by atoms with Gasteiger partial charge in [0.05, 0.1) is 0 Å². The van der Waals surface area contributed by atoms with Crippen LogP contribution in [0.4, 0.5) is 4.39 Å². The van der Waals surface area contributed by atoms with E-state index in [4.69, 9.17) is 0 Å². The molecule has 3 rings (SSSR count). The summed E-state index contributed by atoms with van der Waals surface area (Å²) in [6.45, 7) is 2.44. The summed E-state index contributed by atoms with van der Waals surface area (Å²) in [5.41, 5.74) is 1.77. The molecule has 3 heteroatoms. The molecule has 1 aliphatic rings. The Labute approximate surface area is 136 Å². The molecular weight excluding hydrogens is 289 g/mol. The summed E-state index contributed by atoms with van der Waals surface area (Å²) in [6.07, 6.45) is 2.52. The molecule has 0 aromatic heterocycles. The van der Waals surface area contributed by atoms with Crippen molar-refractivity contribution in [1.82, 2.24) is 4.90 Å². The van der Waals surface area contributed by atoms with E-state index in [2.05, 4.69) is 19.1 Å². The minimum atomic E-state index is -0.234. The highest BCUT2D eigenvalue weighted by Crippen LogP contribution is 2.31. The summed E-state index contributed by atoms with van der Waals surface area (Å²) >= 11 is 0. The Morgan fingerprint density at radius 1 is 1.13 bits per heavy atom. The number of hydrogen-bond acceptors (Lipinski definition) is 1. The highest BCUT2D eigenvalue weighted by molar-refractivity contribution is 5.77. The molecule has 2 nitrogen and oxygen atoms in total. The van der Waals surface area contributed by atoms with E-state index in [9.17, 15) is 9.18 Å². The third-order valence-corrected chi connectivity index (χ3v) is 4.46. The molecule has 1 unspecified atom stereocenters. The maximum absolute atomic E-state index is 13.9. The lowest BCUT2D eigenvalue weighted by molar-refractivity contribution is -0.132. The SMILES string of the molecule is CC(CC(=O)N(Cc1ccccc1F)C1CC1)c1ccccc1. The van der Waals surface area contributed by atoms with Crippen molar-refractivity contribution in [2.75, 3.05) is 0 Å². The van der Waals surface area contributed by atoms with E-state index in [0.717, 1.165) is 12.8 Å². The van der Waals surface area contributed by atoms with Gasteiger partial charge in [0.15, 0.2) is 0 Å².